The molecule has 0 N–H and O–H groups in total. The molecule has 0 aliphatic heterocycles. The van der Waals surface area contributed by atoms with Crippen LogP contribution >= 0.6 is 0 Å². The molecule has 51 heavy (non-hydrogen) atoms. The second-order valence-electron chi connectivity index (χ2n) is 14.4. The van der Waals surface area contributed by atoms with Gasteiger partial charge in [0.1, 0.15) is 0 Å². The average molecular weight is 649 g/mol. The standard InChI is InChI=1S/C51H36/c1-51(2)46-31-30-34-16-6-7-19-39(34)49(46)45-25-13-24-40(50(45)51)35-26-28-36(29-27-35)47-41-20-8-10-22-43(41)48(44-23-11-9-21-42(44)47)38-18-12-17-37(32-38)33-14-4-3-5-15-33/h3-32H,1-2H3. The van der Waals surface area contributed by atoms with Gasteiger partial charge in [-0.3, -0.25) is 0 Å². The first-order valence-electron chi connectivity index (χ1n) is 17.9. The van der Waals surface area contributed by atoms with Gasteiger partial charge in [0.15, 0.2) is 0 Å². The maximum absolute atomic E-state index is 2.39. The highest BCUT2D eigenvalue weighted by Crippen LogP contribution is 2.54. The van der Waals surface area contributed by atoms with E-state index in [2.05, 4.69) is 196 Å². The van der Waals surface area contributed by atoms with E-state index in [1.54, 1.807) is 0 Å². The van der Waals surface area contributed by atoms with Gasteiger partial charge in [-0.25, -0.2) is 0 Å². The molecule has 0 aromatic heterocycles. The van der Waals surface area contributed by atoms with E-state index in [1.807, 2.05) is 0 Å². The van der Waals surface area contributed by atoms with E-state index < -0.39 is 0 Å². The van der Waals surface area contributed by atoms with Gasteiger partial charge in [0.2, 0.25) is 0 Å². The molecule has 0 heteroatoms. The molecule has 0 spiro atoms. The molecular weight excluding hydrogens is 613 g/mol. The van der Waals surface area contributed by atoms with Crippen LogP contribution in [0.25, 0.3) is 88.0 Å². The Morgan fingerprint density at radius 3 is 1.51 bits per heavy atom. The highest BCUT2D eigenvalue weighted by Gasteiger charge is 2.38. The number of hydrogen-bond donors (Lipinski definition) is 0. The maximum Gasteiger partial charge on any atom is 0.0165 e. The molecule has 0 saturated carbocycles. The van der Waals surface area contributed by atoms with Gasteiger partial charge < -0.3 is 0 Å². The van der Waals surface area contributed by atoms with Crippen LogP contribution in [-0.4, -0.2) is 0 Å². The minimum absolute atomic E-state index is 0.107. The first kappa shape index (κ1) is 29.7. The van der Waals surface area contributed by atoms with Crippen molar-refractivity contribution >= 4 is 32.3 Å². The maximum atomic E-state index is 2.39. The summed E-state index contributed by atoms with van der Waals surface area (Å²) in [7, 11) is 0. The molecule has 1 aliphatic rings. The van der Waals surface area contributed by atoms with Crippen LogP contribution < -0.4 is 0 Å². The summed E-state index contributed by atoms with van der Waals surface area (Å²) in [6.45, 7) is 4.78. The number of hydrogen-bond acceptors (Lipinski definition) is 0. The second kappa shape index (κ2) is 11.4. The van der Waals surface area contributed by atoms with E-state index in [-0.39, 0.29) is 5.41 Å². The summed E-state index contributed by atoms with van der Waals surface area (Å²) in [6.07, 6.45) is 0. The molecule has 0 nitrogen and oxygen atoms in total. The largest absolute Gasteiger partial charge is 0.0622 e. The van der Waals surface area contributed by atoms with Crippen LogP contribution in [0, 0.1) is 0 Å². The lowest BCUT2D eigenvalue weighted by molar-refractivity contribution is 0.662. The zero-order valence-electron chi connectivity index (χ0n) is 28.8. The van der Waals surface area contributed by atoms with E-state index in [0.717, 1.165) is 0 Å². The monoisotopic (exact) mass is 648 g/mol. The van der Waals surface area contributed by atoms with Gasteiger partial charge in [-0.15, -0.1) is 0 Å². The Bertz CT molecular complexity index is 2740. The Hall–Kier alpha value is -6.24. The molecule has 0 radical (unpaired) electrons. The van der Waals surface area contributed by atoms with Gasteiger partial charge in [0.05, 0.1) is 0 Å². The van der Waals surface area contributed by atoms with Crippen LogP contribution in [0.4, 0.5) is 0 Å². The first-order valence-corrected chi connectivity index (χ1v) is 17.9. The summed E-state index contributed by atoms with van der Waals surface area (Å²) < 4.78 is 0. The van der Waals surface area contributed by atoms with E-state index in [1.165, 1.54) is 99.1 Å². The summed E-state index contributed by atoms with van der Waals surface area (Å²) in [4.78, 5) is 0. The predicted octanol–water partition coefficient (Wildman–Crippen LogP) is 14.1. The van der Waals surface area contributed by atoms with E-state index in [9.17, 15) is 0 Å². The Balaban J connectivity index is 1.13. The zero-order valence-corrected chi connectivity index (χ0v) is 28.8. The molecule has 0 saturated heterocycles. The van der Waals surface area contributed by atoms with Crippen LogP contribution in [0.3, 0.4) is 0 Å². The van der Waals surface area contributed by atoms with E-state index in [0.29, 0.717) is 0 Å². The third-order valence-corrected chi connectivity index (χ3v) is 11.2. The third kappa shape index (κ3) is 4.53. The highest BCUT2D eigenvalue weighted by molar-refractivity contribution is 6.21. The molecule has 0 atom stereocenters. The van der Waals surface area contributed by atoms with Crippen molar-refractivity contribution in [3.63, 3.8) is 0 Å². The third-order valence-electron chi connectivity index (χ3n) is 11.2. The molecular formula is C51H36. The zero-order chi connectivity index (χ0) is 34.1. The minimum atomic E-state index is -0.107. The smallest absolute Gasteiger partial charge is 0.0165 e. The highest BCUT2D eigenvalue weighted by atomic mass is 14.4. The summed E-state index contributed by atoms with van der Waals surface area (Å²) in [5.41, 5.74) is 15.5. The second-order valence-corrected chi connectivity index (χ2v) is 14.4. The van der Waals surface area contributed by atoms with Crippen LogP contribution in [-0.2, 0) is 5.41 Å². The quantitative estimate of drug-likeness (QED) is 0.167. The topological polar surface area (TPSA) is 0 Å². The normalized spacial score (nSPS) is 13.1. The van der Waals surface area contributed by atoms with Crippen LogP contribution in [0.5, 0.6) is 0 Å². The van der Waals surface area contributed by atoms with Crippen LogP contribution in [0.1, 0.15) is 25.0 Å². The molecule has 0 unspecified atom stereocenters. The summed E-state index contributed by atoms with van der Waals surface area (Å²) in [5, 5.41) is 7.72. The molecule has 240 valence electrons. The lowest BCUT2D eigenvalue weighted by atomic mass is 9.78. The van der Waals surface area contributed by atoms with Gasteiger partial charge >= 0.3 is 0 Å². The van der Waals surface area contributed by atoms with Crippen molar-refractivity contribution in [1.29, 1.82) is 0 Å². The van der Waals surface area contributed by atoms with Crippen molar-refractivity contribution in [3.05, 3.63) is 193 Å². The van der Waals surface area contributed by atoms with E-state index in [4.69, 9.17) is 0 Å². The fraction of sp³-hybridized carbons (Fsp3) is 0.0588. The first-order chi connectivity index (χ1) is 25.1. The van der Waals surface area contributed by atoms with Gasteiger partial charge in [-0.1, -0.05) is 190 Å². The molecule has 0 heterocycles. The van der Waals surface area contributed by atoms with Gasteiger partial charge in [0, 0.05) is 5.41 Å². The van der Waals surface area contributed by atoms with Crippen molar-refractivity contribution in [1.82, 2.24) is 0 Å². The predicted molar refractivity (Wildman–Crippen MR) is 218 cm³/mol. The van der Waals surface area contributed by atoms with Gasteiger partial charge in [-0.2, -0.15) is 0 Å². The fourth-order valence-electron chi connectivity index (χ4n) is 8.94. The molecule has 10 rings (SSSR count). The SMILES string of the molecule is CC1(C)c2ccc3ccccc3c2-c2cccc(-c3ccc(-c4c5ccccc5c(-c5cccc(-c6ccccc6)c5)c5ccccc45)cc3)c21. The summed E-state index contributed by atoms with van der Waals surface area (Å²) in [5.74, 6) is 0. The van der Waals surface area contributed by atoms with E-state index >= 15 is 0 Å². The minimum Gasteiger partial charge on any atom is -0.0622 e. The number of benzene rings is 9. The van der Waals surface area contributed by atoms with Crippen molar-refractivity contribution < 1.29 is 0 Å². The van der Waals surface area contributed by atoms with Crippen molar-refractivity contribution in [2.75, 3.05) is 0 Å². The molecule has 0 fully saturated rings. The van der Waals surface area contributed by atoms with Gasteiger partial charge in [0.25, 0.3) is 0 Å². The lowest BCUT2D eigenvalue weighted by Crippen LogP contribution is -2.16. The molecule has 9 aromatic carbocycles. The van der Waals surface area contributed by atoms with Gasteiger partial charge in [-0.05, 0) is 105 Å². The Morgan fingerprint density at radius 1 is 0.314 bits per heavy atom. The molecule has 0 amide bonds. The molecule has 9 aromatic rings. The van der Waals surface area contributed by atoms with Crippen LogP contribution in [0.15, 0.2) is 182 Å². The van der Waals surface area contributed by atoms with Crippen LogP contribution in [0.2, 0.25) is 0 Å². The fourth-order valence-corrected chi connectivity index (χ4v) is 8.94. The van der Waals surface area contributed by atoms with Crippen molar-refractivity contribution in [3.8, 4) is 55.6 Å². The Labute approximate surface area is 299 Å². The van der Waals surface area contributed by atoms with Crippen molar-refractivity contribution in [2.24, 2.45) is 0 Å². The number of rotatable bonds is 4. The lowest BCUT2D eigenvalue weighted by Gasteiger charge is -2.25. The summed E-state index contributed by atoms with van der Waals surface area (Å²) >= 11 is 0. The van der Waals surface area contributed by atoms with Crippen molar-refractivity contribution in [2.45, 2.75) is 19.3 Å². The molecule has 1 aliphatic carbocycles. The Morgan fingerprint density at radius 2 is 0.824 bits per heavy atom. The Kier molecular flexibility index (Phi) is 6.63. The average Bonchev–Trinajstić information content (AvgIpc) is 3.43. The summed E-state index contributed by atoms with van der Waals surface area (Å²) in [6, 6.07) is 67.2. The molecule has 0 bridgehead atoms. The number of fused-ring (bicyclic) bond motifs is 7.